The molecule has 0 saturated heterocycles. The molecule has 0 aromatic heterocycles. The number of carboxylic acid groups (broad SMARTS) is 1. The number of amides is 1. The molecule has 1 amide bonds. The highest BCUT2D eigenvalue weighted by molar-refractivity contribution is 9.10. The highest BCUT2D eigenvalue weighted by atomic mass is 79.9. The number of sulfonamides is 1. The van der Waals surface area contributed by atoms with Gasteiger partial charge in [0.2, 0.25) is 0 Å². The van der Waals surface area contributed by atoms with Crippen molar-refractivity contribution < 1.29 is 23.1 Å². The molecule has 9 heteroatoms. The number of benzene rings is 2. The molecule has 27 heavy (non-hydrogen) atoms. The first-order valence-corrected chi connectivity index (χ1v) is 9.93. The molecule has 0 bridgehead atoms. The van der Waals surface area contributed by atoms with Crippen molar-refractivity contribution in [3.63, 3.8) is 0 Å². The van der Waals surface area contributed by atoms with E-state index in [9.17, 15) is 13.2 Å². The van der Waals surface area contributed by atoms with Crippen LogP contribution in [0.15, 0.2) is 45.8 Å². The minimum absolute atomic E-state index is 0.0993. The summed E-state index contributed by atoms with van der Waals surface area (Å²) in [5.74, 6) is 5.84. The first-order chi connectivity index (χ1) is 12.7. The first-order valence-electron chi connectivity index (χ1n) is 7.65. The third-order valence-corrected chi connectivity index (χ3v) is 5.42. The van der Waals surface area contributed by atoms with Crippen LogP contribution in [-0.4, -0.2) is 33.3 Å². The lowest BCUT2D eigenvalue weighted by atomic mass is 10.2. The number of nitrogens with one attached hydrogen (secondary N) is 2. The van der Waals surface area contributed by atoms with Gasteiger partial charge in [0.15, 0.2) is 0 Å². The van der Waals surface area contributed by atoms with Gasteiger partial charge in [0.1, 0.15) is 5.75 Å². The summed E-state index contributed by atoms with van der Waals surface area (Å²) in [6.45, 7) is 1.77. The van der Waals surface area contributed by atoms with Gasteiger partial charge in [0, 0.05) is 0 Å². The second kappa shape index (κ2) is 8.79. The summed E-state index contributed by atoms with van der Waals surface area (Å²) in [4.78, 5) is 10.6. The molecule has 3 N–H and O–H groups in total. The number of ether oxygens (including phenoxy) is 1. The maximum Gasteiger partial charge on any atom is 0.405 e. The number of halogens is 1. The van der Waals surface area contributed by atoms with Gasteiger partial charge in [-0.3, -0.25) is 4.72 Å². The van der Waals surface area contributed by atoms with Gasteiger partial charge in [-0.2, -0.15) is 0 Å². The van der Waals surface area contributed by atoms with Gasteiger partial charge < -0.3 is 15.2 Å². The van der Waals surface area contributed by atoms with Crippen LogP contribution in [0, 0.1) is 18.8 Å². The Balaban J connectivity index is 2.40. The minimum Gasteiger partial charge on any atom is -0.496 e. The van der Waals surface area contributed by atoms with Crippen molar-refractivity contribution in [2.75, 3.05) is 18.4 Å². The first kappa shape index (κ1) is 20.6. The standard InChI is InChI=1S/C18H17BrN2O5S/c1-12-5-7-14(8-6-12)27(24,25)21-16-11-15(19)17(26-2)10-13(16)4-3-9-20-18(22)23/h5-8,10-11,20-21H,9H2,1-2H3,(H,22,23). The Morgan fingerprint density at radius 3 is 2.52 bits per heavy atom. The van der Waals surface area contributed by atoms with Gasteiger partial charge in [0.25, 0.3) is 10.0 Å². The molecule has 7 nitrogen and oxygen atoms in total. The Bertz CT molecular complexity index is 1010. The van der Waals surface area contributed by atoms with Crippen LogP contribution in [0.5, 0.6) is 5.75 Å². The number of rotatable bonds is 5. The second-order valence-electron chi connectivity index (χ2n) is 5.41. The maximum atomic E-state index is 12.7. The monoisotopic (exact) mass is 452 g/mol. The lowest BCUT2D eigenvalue weighted by Crippen LogP contribution is -2.20. The highest BCUT2D eigenvalue weighted by Crippen LogP contribution is 2.32. The molecule has 0 aliphatic carbocycles. The van der Waals surface area contributed by atoms with Crippen LogP contribution in [0.25, 0.3) is 0 Å². The predicted octanol–water partition coefficient (Wildman–Crippen LogP) is 3.19. The minimum atomic E-state index is -3.82. The summed E-state index contributed by atoms with van der Waals surface area (Å²) >= 11 is 3.32. The molecule has 0 fully saturated rings. The van der Waals surface area contributed by atoms with Gasteiger partial charge >= 0.3 is 6.09 Å². The number of methoxy groups -OCH3 is 1. The molecule has 2 aromatic rings. The summed E-state index contributed by atoms with van der Waals surface area (Å²) in [5, 5.41) is 10.7. The van der Waals surface area contributed by atoms with E-state index in [1.54, 1.807) is 24.3 Å². The normalized spacial score (nSPS) is 10.5. The van der Waals surface area contributed by atoms with Gasteiger partial charge in [0.05, 0.1) is 34.3 Å². The Hall–Kier alpha value is -2.70. The zero-order valence-corrected chi connectivity index (χ0v) is 16.9. The third-order valence-electron chi connectivity index (χ3n) is 3.42. The van der Waals surface area contributed by atoms with Gasteiger partial charge in [-0.25, -0.2) is 13.2 Å². The largest absolute Gasteiger partial charge is 0.496 e. The lowest BCUT2D eigenvalue weighted by molar-refractivity contribution is 0.196. The Labute approximate surface area is 165 Å². The van der Waals surface area contributed by atoms with Crippen LogP contribution in [0.3, 0.4) is 0 Å². The molecule has 0 radical (unpaired) electrons. The number of hydrogen-bond donors (Lipinski definition) is 3. The van der Waals surface area contributed by atoms with Crippen LogP contribution in [-0.2, 0) is 10.0 Å². The average molecular weight is 453 g/mol. The third kappa shape index (κ3) is 5.64. The number of anilines is 1. The average Bonchev–Trinajstić information content (AvgIpc) is 2.60. The van der Waals surface area contributed by atoms with Crippen molar-refractivity contribution in [2.45, 2.75) is 11.8 Å². The molecular formula is C18H17BrN2O5S. The van der Waals surface area contributed by atoms with E-state index in [1.165, 1.54) is 19.2 Å². The van der Waals surface area contributed by atoms with Crippen molar-refractivity contribution in [2.24, 2.45) is 0 Å². The summed E-state index contributed by atoms with van der Waals surface area (Å²) in [7, 11) is -2.35. The molecular weight excluding hydrogens is 436 g/mol. The molecule has 0 spiro atoms. The second-order valence-corrected chi connectivity index (χ2v) is 7.95. The van der Waals surface area contributed by atoms with Crippen LogP contribution in [0.4, 0.5) is 10.5 Å². The maximum absolute atomic E-state index is 12.7. The fraction of sp³-hybridized carbons (Fsp3) is 0.167. The molecule has 0 heterocycles. The summed E-state index contributed by atoms with van der Waals surface area (Å²) in [6, 6.07) is 9.54. The van der Waals surface area contributed by atoms with E-state index in [4.69, 9.17) is 9.84 Å². The predicted molar refractivity (Wildman–Crippen MR) is 106 cm³/mol. The van der Waals surface area contributed by atoms with Crippen LogP contribution < -0.4 is 14.8 Å². The summed E-state index contributed by atoms with van der Waals surface area (Å²) in [6.07, 6.45) is -1.20. The van der Waals surface area contributed by atoms with Crippen LogP contribution in [0.1, 0.15) is 11.1 Å². The van der Waals surface area contributed by atoms with E-state index in [0.717, 1.165) is 5.56 Å². The summed E-state index contributed by atoms with van der Waals surface area (Å²) in [5.41, 5.74) is 1.53. The number of aryl methyl sites for hydroxylation is 1. The van der Waals surface area contributed by atoms with E-state index >= 15 is 0 Å². The fourth-order valence-electron chi connectivity index (χ4n) is 2.08. The van der Waals surface area contributed by atoms with Gasteiger partial charge in [-0.05, 0) is 47.1 Å². The van der Waals surface area contributed by atoms with Gasteiger partial charge in [-0.1, -0.05) is 29.5 Å². The Morgan fingerprint density at radius 1 is 1.26 bits per heavy atom. The number of hydrogen-bond acceptors (Lipinski definition) is 4. The Morgan fingerprint density at radius 2 is 1.93 bits per heavy atom. The molecule has 0 aliphatic rings. The van der Waals surface area contributed by atoms with E-state index in [1.807, 2.05) is 6.92 Å². The summed E-state index contributed by atoms with van der Waals surface area (Å²) < 4.78 is 33.6. The molecule has 2 rings (SSSR count). The van der Waals surface area contributed by atoms with E-state index in [2.05, 4.69) is 37.8 Å². The molecule has 0 atom stereocenters. The van der Waals surface area contributed by atoms with Crippen molar-refractivity contribution in [3.05, 3.63) is 52.0 Å². The lowest BCUT2D eigenvalue weighted by Gasteiger charge is -2.13. The van der Waals surface area contributed by atoms with Crippen molar-refractivity contribution in [3.8, 4) is 17.6 Å². The topological polar surface area (TPSA) is 105 Å². The quantitative estimate of drug-likeness (QED) is 0.604. The zero-order chi connectivity index (χ0) is 20.0. The van der Waals surface area contributed by atoms with Crippen molar-refractivity contribution >= 4 is 37.7 Å². The van der Waals surface area contributed by atoms with Crippen molar-refractivity contribution in [1.82, 2.24) is 5.32 Å². The molecule has 2 aromatic carbocycles. The van der Waals surface area contributed by atoms with E-state index in [-0.39, 0.29) is 17.1 Å². The van der Waals surface area contributed by atoms with Gasteiger partial charge in [-0.15, -0.1) is 0 Å². The molecule has 0 unspecified atom stereocenters. The highest BCUT2D eigenvalue weighted by Gasteiger charge is 2.17. The fourth-order valence-corrected chi connectivity index (χ4v) is 3.65. The molecule has 0 aliphatic heterocycles. The van der Waals surface area contributed by atoms with E-state index in [0.29, 0.717) is 15.8 Å². The van der Waals surface area contributed by atoms with Crippen LogP contribution >= 0.6 is 15.9 Å². The van der Waals surface area contributed by atoms with Crippen LogP contribution in [0.2, 0.25) is 0 Å². The Kier molecular flexibility index (Phi) is 6.71. The zero-order valence-electron chi connectivity index (χ0n) is 14.5. The SMILES string of the molecule is COc1cc(C#CCNC(=O)O)c(NS(=O)(=O)c2ccc(C)cc2)cc1Br. The van der Waals surface area contributed by atoms with E-state index < -0.39 is 16.1 Å². The molecule has 142 valence electrons. The smallest absolute Gasteiger partial charge is 0.405 e. The van der Waals surface area contributed by atoms with Crippen molar-refractivity contribution in [1.29, 1.82) is 0 Å². The molecule has 0 saturated carbocycles. The number of carbonyl (C=O) groups is 1.